The number of carbonyl (C=O) groups excluding carboxylic acids is 1. The first kappa shape index (κ1) is 16.3. The number of carbonyl (C=O) groups is 1. The van der Waals surface area contributed by atoms with E-state index in [2.05, 4.69) is 20.2 Å². The Balaban J connectivity index is 2.04. The molecule has 1 aromatic heterocycles. The summed E-state index contributed by atoms with van der Waals surface area (Å²) in [5.74, 6) is -0.340. The SMILES string of the molecule is CC(=O)Nc1nnc(S(=O)(=O)NCC2(CO)CCCC2)s1. The van der Waals surface area contributed by atoms with Crippen LogP contribution in [0.1, 0.15) is 32.6 Å². The van der Waals surface area contributed by atoms with Crippen molar-refractivity contribution in [2.75, 3.05) is 18.5 Å². The van der Waals surface area contributed by atoms with Crippen molar-refractivity contribution in [3.8, 4) is 0 Å². The molecule has 2 rings (SSSR count). The Morgan fingerprint density at radius 2 is 2.05 bits per heavy atom. The highest BCUT2D eigenvalue weighted by molar-refractivity contribution is 7.91. The van der Waals surface area contributed by atoms with Gasteiger partial charge in [0.1, 0.15) is 0 Å². The van der Waals surface area contributed by atoms with Crippen LogP contribution in [0.2, 0.25) is 0 Å². The van der Waals surface area contributed by atoms with Gasteiger partial charge in [-0.3, -0.25) is 4.79 Å². The summed E-state index contributed by atoms with van der Waals surface area (Å²) in [5.41, 5.74) is -0.377. The maximum atomic E-state index is 12.1. The normalized spacial score (nSPS) is 17.8. The van der Waals surface area contributed by atoms with E-state index in [-0.39, 0.29) is 33.9 Å². The lowest BCUT2D eigenvalue weighted by atomic mass is 9.88. The van der Waals surface area contributed by atoms with Crippen LogP contribution in [-0.2, 0) is 14.8 Å². The van der Waals surface area contributed by atoms with E-state index >= 15 is 0 Å². The first-order chi connectivity index (χ1) is 9.87. The van der Waals surface area contributed by atoms with Crippen LogP contribution in [0.4, 0.5) is 5.13 Å². The molecule has 0 atom stereocenters. The van der Waals surface area contributed by atoms with Crippen LogP contribution in [-0.4, -0.2) is 42.8 Å². The topological polar surface area (TPSA) is 121 Å². The van der Waals surface area contributed by atoms with Gasteiger partial charge in [0.05, 0.1) is 0 Å². The van der Waals surface area contributed by atoms with E-state index in [1.807, 2.05) is 0 Å². The van der Waals surface area contributed by atoms with Gasteiger partial charge in [0, 0.05) is 25.5 Å². The number of sulfonamides is 1. The van der Waals surface area contributed by atoms with Crippen molar-refractivity contribution in [1.29, 1.82) is 0 Å². The van der Waals surface area contributed by atoms with Gasteiger partial charge in [-0.2, -0.15) is 0 Å². The third kappa shape index (κ3) is 3.96. The zero-order valence-corrected chi connectivity index (χ0v) is 13.3. The molecule has 1 fully saturated rings. The smallest absolute Gasteiger partial charge is 0.269 e. The molecule has 10 heteroatoms. The molecule has 8 nitrogen and oxygen atoms in total. The predicted molar refractivity (Wildman–Crippen MR) is 77.4 cm³/mol. The van der Waals surface area contributed by atoms with E-state index in [0.717, 1.165) is 37.0 Å². The van der Waals surface area contributed by atoms with Crippen LogP contribution in [0.15, 0.2) is 4.34 Å². The Bertz CT molecular complexity index is 607. The van der Waals surface area contributed by atoms with Gasteiger partial charge >= 0.3 is 0 Å². The zero-order valence-electron chi connectivity index (χ0n) is 11.6. The Morgan fingerprint density at radius 1 is 1.38 bits per heavy atom. The molecule has 0 aliphatic heterocycles. The van der Waals surface area contributed by atoms with E-state index < -0.39 is 10.0 Å². The fourth-order valence-electron chi connectivity index (χ4n) is 2.35. The van der Waals surface area contributed by atoms with E-state index in [9.17, 15) is 18.3 Å². The van der Waals surface area contributed by atoms with E-state index in [1.54, 1.807) is 0 Å². The number of aliphatic hydroxyl groups is 1. The largest absolute Gasteiger partial charge is 0.396 e. The highest BCUT2D eigenvalue weighted by atomic mass is 32.2. The molecular formula is C11H18N4O4S2. The monoisotopic (exact) mass is 334 g/mol. The second-order valence-corrected chi connectivity index (χ2v) is 8.16. The molecule has 0 unspecified atom stereocenters. The molecule has 3 N–H and O–H groups in total. The summed E-state index contributed by atoms with van der Waals surface area (Å²) in [5, 5.41) is 19.2. The fourth-order valence-corrected chi connectivity index (χ4v) is 4.49. The molecule has 0 aromatic carbocycles. The van der Waals surface area contributed by atoms with Crippen molar-refractivity contribution in [3.63, 3.8) is 0 Å². The fraction of sp³-hybridized carbons (Fsp3) is 0.727. The molecule has 1 aromatic rings. The number of nitrogens with zero attached hydrogens (tertiary/aromatic N) is 2. The minimum atomic E-state index is -3.78. The Labute approximate surface area is 127 Å². The predicted octanol–water partition coefficient (Wildman–Crippen LogP) is 0.327. The lowest BCUT2D eigenvalue weighted by Crippen LogP contribution is -2.38. The van der Waals surface area contributed by atoms with Gasteiger partial charge in [-0.25, -0.2) is 13.1 Å². The second kappa shape index (κ2) is 6.34. The molecular weight excluding hydrogens is 316 g/mol. The van der Waals surface area contributed by atoms with Crippen LogP contribution in [0.25, 0.3) is 0 Å². The van der Waals surface area contributed by atoms with Crippen molar-refractivity contribution in [2.45, 2.75) is 36.9 Å². The summed E-state index contributed by atoms with van der Waals surface area (Å²) < 4.78 is 26.6. The van der Waals surface area contributed by atoms with Crippen molar-refractivity contribution in [1.82, 2.24) is 14.9 Å². The lowest BCUT2D eigenvalue weighted by Gasteiger charge is -2.26. The maximum Gasteiger partial charge on any atom is 0.269 e. The van der Waals surface area contributed by atoms with Gasteiger partial charge in [0.15, 0.2) is 0 Å². The van der Waals surface area contributed by atoms with Crippen molar-refractivity contribution in [3.05, 3.63) is 0 Å². The summed E-state index contributed by atoms with van der Waals surface area (Å²) in [6.45, 7) is 1.45. The molecule has 21 heavy (non-hydrogen) atoms. The Morgan fingerprint density at radius 3 is 2.62 bits per heavy atom. The maximum absolute atomic E-state index is 12.1. The van der Waals surface area contributed by atoms with Crippen LogP contribution in [0.3, 0.4) is 0 Å². The van der Waals surface area contributed by atoms with Crippen LogP contribution < -0.4 is 10.0 Å². The minimum Gasteiger partial charge on any atom is -0.396 e. The Kier molecular flexibility index (Phi) is 4.91. The summed E-state index contributed by atoms with van der Waals surface area (Å²) in [4.78, 5) is 10.9. The molecule has 1 amide bonds. The average Bonchev–Trinajstić information content (AvgIpc) is 3.06. The Hall–Kier alpha value is -1.10. The highest BCUT2D eigenvalue weighted by Crippen LogP contribution is 2.37. The number of aromatic nitrogens is 2. The van der Waals surface area contributed by atoms with Crippen molar-refractivity contribution >= 4 is 32.4 Å². The number of hydrogen-bond donors (Lipinski definition) is 3. The van der Waals surface area contributed by atoms with Crippen LogP contribution in [0, 0.1) is 5.41 Å². The van der Waals surface area contributed by atoms with E-state index in [1.165, 1.54) is 6.92 Å². The molecule has 0 bridgehead atoms. The first-order valence-corrected chi connectivity index (χ1v) is 8.88. The third-order valence-corrected chi connectivity index (χ3v) is 6.16. The van der Waals surface area contributed by atoms with Crippen molar-refractivity contribution in [2.24, 2.45) is 5.41 Å². The zero-order chi connectivity index (χ0) is 15.5. The van der Waals surface area contributed by atoms with E-state index in [4.69, 9.17) is 0 Å². The molecule has 118 valence electrons. The van der Waals surface area contributed by atoms with Crippen LogP contribution >= 0.6 is 11.3 Å². The molecule has 0 radical (unpaired) electrons. The average molecular weight is 334 g/mol. The van der Waals surface area contributed by atoms with Crippen molar-refractivity contribution < 1.29 is 18.3 Å². The van der Waals surface area contributed by atoms with Gasteiger partial charge in [-0.05, 0) is 12.8 Å². The third-order valence-electron chi connectivity index (χ3n) is 3.56. The number of anilines is 1. The summed E-state index contributed by atoms with van der Waals surface area (Å²) in [6.07, 6.45) is 3.60. The van der Waals surface area contributed by atoms with Crippen LogP contribution in [0.5, 0.6) is 0 Å². The minimum absolute atomic E-state index is 0.0389. The molecule has 0 spiro atoms. The second-order valence-electron chi connectivity index (χ2n) is 5.24. The quantitative estimate of drug-likeness (QED) is 0.645. The number of rotatable bonds is 6. The van der Waals surface area contributed by atoms with E-state index in [0.29, 0.717) is 0 Å². The molecule has 0 saturated heterocycles. The number of hydrogen-bond acceptors (Lipinski definition) is 7. The van der Waals surface area contributed by atoms with Gasteiger partial charge < -0.3 is 10.4 Å². The number of amides is 1. The lowest BCUT2D eigenvalue weighted by molar-refractivity contribution is -0.114. The summed E-state index contributed by atoms with van der Waals surface area (Å²) in [6, 6.07) is 0. The highest BCUT2D eigenvalue weighted by Gasteiger charge is 2.35. The standard InChI is InChI=1S/C11H18N4O4S2/c1-8(17)13-9-14-15-10(20-9)21(18,19)12-6-11(7-16)4-2-3-5-11/h12,16H,2-7H2,1H3,(H,13,14,17). The van der Waals surface area contributed by atoms with Gasteiger partial charge in [0.2, 0.25) is 15.4 Å². The molecule has 1 saturated carbocycles. The van der Waals surface area contributed by atoms with Gasteiger partial charge in [-0.15, -0.1) is 10.2 Å². The summed E-state index contributed by atoms with van der Waals surface area (Å²) >= 11 is 0.790. The van der Waals surface area contributed by atoms with Gasteiger partial charge in [-0.1, -0.05) is 24.2 Å². The molecule has 1 aliphatic carbocycles. The number of nitrogens with one attached hydrogen (secondary N) is 2. The number of aliphatic hydroxyl groups excluding tert-OH is 1. The van der Waals surface area contributed by atoms with Gasteiger partial charge in [0.25, 0.3) is 10.0 Å². The molecule has 1 aliphatic rings. The summed E-state index contributed by atoms with van der Waals surface area (Å²) in [7, 11) is -3.78. The molecule has 1 heterocycles. The first-order valence-electron chi connectivity index (χ1n) is 6.59.